The first-order chi connectivity index (χ1) is 10.7. The highest BCUT2D eigenvalue weighted by Crippen LogP contribution is 2.13. The van der Waals surface area contributed by atoms with Crippen molar-refractivity contribution in [1.82, 2.24) is 15.1 Å². The summed E-state index contributed by atoms with van der Waals surface area (Å²) >= 11 is 0. The number of aromatic nitrogens is 3. The lowest BCUT2D eigenvalue weighted by Gasteiger charge is -2.10. The molecule has 22 heavy (non-hydrogen) atoms. The molecule has 0 aromatic carbocycles. The number of ether oxygens (including phenoxy) is 1. The first-order valence-corrected chi connectivity index (χ1v) is 7.13. The van der Waals surface area contributed by atoms with E-state index in [9.17, 15) is 4.79 Å². The molecule has 0 aliphatic carbocycles. The minimum atomic E-state index is -0.334. The molecule has 2 aromatic rings. The Bertz CT molecular complexity index is 634. The molecule has 2 aromatic heterocycles. The Morgan fingerprint density at radius 1 is 1.41 bits per heavy atom. The van der Waals surface area contributed by atoms with Gasteiger partial charge in [-0.15, -0.1) is 0 Å². The summed E-state index contributed by atoms with van der Waals surface area (Å²) in [6.07, 6.45) is 5.28. The second kappa shape index (κ2) is 6.52. The Balaban J connectivity index is 1.54. The molecule has 1 fully saturated rings. The summed E-state index contributed by atoms with van der Waals surface area (Å²) in [6.45, 7) is 3.23. The predicted molar refractivity (Wildman–Crippen MR) is 78.7 cm³/mol. The van der Waals surface area contributed by atoms with Gasteiger partial charge in [0.1, 0.15) is 5.76 Å². The molecule has 8 nitrogen and oxygen atoms in total. The summed E-state index contributed by atoms with van der Waals surface area (Å²) in [4.78, 5) is 20.2. The predicted octanol–water partition coefficient (Wildman–Crippen LogP) is 1.62. The minimum Gasteiger partial charge on any atom is -0.376 e. The third-order valence-electron chi connectivity index (χ3n) is 3.30. The topological polar surface area (TPSA) is 102 Å². The van der Waals surface area contributed by atoms with Crippen LogP contribution in [0.1, 0.15) is 29.0 Å². The number of nitrogens with zero attached hydrogens (tertiary/aromatic N) is 3. The molecule has 116 valence electrons. The van der Waals surface area contributed by atoms with Gasteiger partial charge in [-0.1, -0.05) is 5.16 Å². The van der Waals surface area contributed by atoms with Crippen molar-refractivity contribution in [3.05, 3.63) is 29.8 Å². The van der Waals surface area contributed by atoms with Crippen molar-refractivity contribution in [3.63, 3.8) is 0 Å². The fraction of sp³-hybridized carbons (Fsp3) is 0.429. The average molecular weight is 303 g/mol. The molecule has 0 radical (unpaired) electrons. The van der Waals surface area contributed by atoms with Crippen LogP contribution in [0.5, 0.6) is 0 Å². The fourth-order valence-electron chi connectivity index (χ4n) is 2.16. The van der Waals surface area contributed by atoms with E-state index in [4.69, 9.17) is 9.26 Å². The minimum absolute atomic E-state index is 0.210. The maximum Gasteiger partial charge on any atom is 0.260 e. The van der Waals surface area contributed by atoms with Crippen LogP contribution in [0.25, 0.3) is 0 Å². The van der Waals surface area contributed by atoms with E-state index >= 15 is 0 Å². The van der Waals surface area contributed by atoms with Gasteiger partial charge >= 0.3 is 0 Å². The maximum atomic E-state index is 12.0. The number of amides is 1. The summed E-state index contributed by atoms with van der Waals surface area (Å²) in [6, 6.07) is 1.64. The summed E-state index contributed by atoms with van der Waals surface area (Å²) < 4.78 is 10.4. The molecule has 0 bridgehead atoms. The number of carbonyl (C=O) groups is 1. The number of aryl methyl sites for hydroxylation is 1. The van der Waals surface area contributed by atoms with Crippen molar-refractivity contribution in [2.24, 2.45) is 0 Å². The van der Waals surface area contributed by atoms with E-state index in [0.717, 1.165) is 19.4 Å². The van der Waals surface area contributed by atoms with E-state index in [0.29, 0.717) is 29.6 Å². The van der Waals surface area contributed by atoms with Crippen molar-refractivity contribution in [3.8, 4) is 0 Å². The van der Waals surface area contributed by atoms with E-state index in [1.165, 1.54) is 12.4 Å². The quantitative estimate of drug-likeness (QED) is 0.865. The molecule has 2 N–H and O–H groups in total. The van der Waals surface area contributed by atoms with E-state index in [1.807, 2.05) is 0 Å². The van der Waals surface area contributed by atoms with E-state index in [1.54, 1.807) is 13.0 Å². The molecule has 1 aliphatic rings. The first-order valence-electron chi connectivity index (χ1n) is 7.13. The lowest BCUT2D eigenvalue weighted by molar-refractivity contribution is 0.102. The van der Waals surface area contributed by atoms with Crippen molar-refractivity contribution in [2.45, 2.75) is 25.9 Å². The van der Waals surface area contributed by atoms with E-state index in [-0.39, 0.29) is 12.0 Å². The summed E-state index contributed by atoms with van der Waals surface area (Å²) in [7, 11) is 0. The second-order valence-electron chi connectivity index (χ2n) is 5.09. The summed E-state index contributed by atoms with van der Waals surface area (Å²) in [5.41, 5.74) is 0.350. The van der Waals surface area contributed by atoms with Crippen molar-refractivity contribution in [2.75, 3.05) is 23.8 Å². The van der Waals surface area contributed by atoms with Crippen LogP contribution in [-0.4, -0.2) is 40.3 Å². The lowest BCUT2D eigenvalue weighted by atomic mass is 10.2. The number of anilines is 2. The molecule has 0 spiro atoms. The number of nitrogens with one attached hydrogen (secondary N) is 2. The van der Waals surface area contributed by atoms with Crippen molar-refractivity contribution >= 4 is 17.7 Å². The van der Waals surface area contributed by atoms with Gasteiger partial charge in [0, 0.05) is 31.6 Å². The number of rotatable bonds is 5. The van der Waals surface area contributed by atoms with E-state index in [2.05, 4.69) is 25.8 Å². The molecule has 1 amide bonds. The molecule has 3 rings (SSSR count). The van der Waals surface area contributed by atoms with Crippen LogP contribution < -0.4 is 10.6 Å². The van der Waals surface area contributed by atoms with Crippen LogP contribution >= 0.6 is 0 Å². The van der Waals surface area contributed by atoms with Gasteiger partial charge < -0.3 is 19.9 Å². The van der Waals surface area contributed by atoms with Crippen LogP contribution in [0.4, 0.5) is 11.8 Å². The zero-order valence-corrected chi connectivity index (χ0v) is 12.2. The largest absolute Gasteiger partial charge is 0.376 e. The highest BCUT2D eigenvalue weighted by Gasteiger charge is 2.15. The standard InChI is InChI=1S/C14H17N5O3/c1-9-5-12(19-22-9)18-13(20)10-6-15-14(16-7-10)17-8-11-3-2-4-21-11/h5-7,11H,2-4,8H2,1H3,(H,15,16,17)(H,18,19,20). The van der Waals surface area contributed by atoms with Gasteiger partial charge in [0.15, 0.2) is 5.82 Å². The third-order valence-corrected chi connectivity index (χ3v) is 3.30. The molecule has 1 saturated heterocycles. The smallest absolute Gasteiger partial charge is 0.260 e. The van der Waals surface area contributed by atoms with Crippen LogP contribution in [0.3, 0.4) is 0 Å². The molecular formula is C14H17N5O3. The maximum absolute atomic E-state index is 12.0. The molecule has 3 heterocycles. The molecule has 0 saturated carbocycles. The average Bonchev–Trinajstić information content (AvgIpc) is 3.17. The molecular weight excluding hydrogens is 286 g/mol. The highest BCUT2D eigenvalue weighted by atomic mass is 16.5. The second-order valence-corrected chi connectivity index (χ2v) is 5.09. The van der Waals surface area contributed by atoms with Gasteiger partial charge in [-0.05, 0) is 19.8 Å². The van der Waals surface area contributed by atoms with Crippen LogP contribution in [-0.2, 0) is 4.74 Å². The SMILES string of the molecule is Cc1cc(NC(=O)c2cnc(NCC3CCCO3)nc2)no1. The van der Waals surface area contributed by atoms with E-state index < -0.39 is 0 Å². The molecule has 8 heteroatoms. The van der Waals surface area contributed by atoms with Gasteiger partial charge in [0.05, 0.1) is 11.7 Å². The Labute approximate surface area is 127 Å². The number of carbonyl (C=O) groups excluding carboxylic acids is 1. The van der Waals surface area contributed by atoms with Crippen molar-refractivity contribution < 1.29 is 14.1 Å². The Kier molecular flexibility index (Phi) is 4.29. The normalized spacial score (nSPS) is 17.4. The molecule has 1 unspecified atom stereocenters. The fourth-order valence-corrected chi connectivity index (χ4v) is 2.16. The van der Waals surface area contributed by atoms with Gasteiger partial charge in [0.2, 0.25) is 5.95 Å². The van der Waals surface area contributed by atoms with Gasteiger partial charge in [0.25, 0.3) is 5.91 Å². The first kappa shape index (κ1) is 14.5. The Morgan fingerprint density at radius 2 is 2.23 bits per heavy atom. The highest BCUT2D eigenvalue weighted by molar-refractivity contribution is 6.03. The van der Waals surface area contributed by atoms with Gasteiger partial charge in [-0.3, -0.25) is 4.79 Å². The summed E-state index contributed by atoms with van der Waals surface area (Å²) in [5, 5.41) is 9.41. The van der Waals surface area contributed by atoms with Crippen LogP contribution in [0.15, 0.2) is 23.0 Å². The lowest BCUT2D eigenvalue weighted by Crippen LogP contribution is -2.20. The van der Waals surface area contributed by atoms with Crippen LogP contribution in [0.2, 0.25) is 0 Å². The number of hydrogen-bond donors (Lipinski definition) is 2. The third kappa shape index (κ3) is 3.59. The van der Waals surface area contributed by atoms with Crippen molar-refractivity contribution in [1.29, 1.82) is 0 Å². The van der Waals surface area contributed by atoms with Crippen LogP contribution in [0, 0.1) is 6.92 Å². The Hall–Kier alpha value is -2.48. The zero-order chi connectivity index (χ0) is 15.4. The molecule has 1 atom stereocenters. The van der Waals surface area contributed by atoms with Gasteiger partial charge in [-0.2, -0.15) is 0 Å². The van der Waals surface area contributed by atoms with Gasteiger partial charge in [-0.25, -0.2) is 9.97 Å². The summed E-state index contributed by atoms with van der Waals surface area (Å²) in [5.74, 6) is 1.13. The zero-order valence-electron chi connectivity index (χ0n) is 12.2. The monoisotopic (exact) mass is 303 g/mol. The Morgan fingerprint density at radius 3 is 2.86 bits per heavy atom. The molecule has 1 aliphatic heterocycles. The number of hydrogen-bond acceptors (Lipinski definition) is 7.